The molecule has 0 bridgehead atoms. The van der Waals surface area contributed by atoms with Gasteiger partial charge < -0.3 is 14.2 Å². The smallest absolute Gasteiger partial charge is 0.422 e. The lowest BCUT2D eigenvalue weighted by Gasteiger charge is -2.07. The minimum atomic E-state index is -4.49. The molecule has 0 amide bonds. The van der Waals surface area contributed by atoms with Crippen molar-refractivity contribution in [3.05, 3.63) is 42.6 Å². The molecule has 3 rings (SSSR count). The molecule has 0 N–H and O–H groups in total. The van der Waals surface area contributed by atoms with E-state index in [4.69, 9.17) is 9.47 Å². The van der Waals surface area contributed by atoms with Crippen LogP contribution in [0.5, 0.6) is 17.6 Å². The second-order valence-electron chi connectivity index (χ2n) is 5.32. The van der Waals surface area contributed by atoms with Crippen LogP contribution >= 0.6 is 0 Å². The second-order valence-corrected chi connectivity index (χ2v) is 5.32. The van der Waals surface area contributed by atoms with Crippen LogP contribution in [0.3, 0.4) is 0 Å². The second kappa shape index (κ2) is 7.52. The fraction of sp³-hybridized carbons (Fsp3) is 0.235. The normalized spacial score (nSPS) is 11.3. The highest BCUT2D eigenvalue weighted by atomic mass is 19.4. The van der Waals surface area contributed by atoms with Crippen LogP contribution in [-0.2, 0) is 0 Å². The highest BCUT2D eigenvalue weighted by Gasteiger charge is 2.29. The van der Waals surface area contributed by atoms with Crippen molar-refractivity contribution >= 4 is 0 Å². The van der Waals surface area contributed by atoms with Gasteiger partial charge in [-0.15, -0.1) is 5.10 Å². The highest BCUT2D eigenvalue weighted by Crippen LogP contribution is 2.26. The van der Waals surface area contributed by atoms with Crippen molar-refractivity contribution in [1.29, 1.82) is 0 Å². The number of benzene rings is 1. The van der Waals surface area contributed by atoms with E-state index in [1.54, 1.807) is 36.4 Å². The Morgan fingerprint density at radius 1 is 1.00 bits per heavy atom. The summed E-state index contributed by atoms with van der Waals surface area (Å²) in [5, 5.41) is 4.03. The third kappa shape index (κ3) is 4.46. The van der Waals surface area contributed by atoms with Gasteiger partial charge in [-0.3, -0.25) is 0 Å². The minimum absolute atomic E-state index is 0.293. The molecule has 0 aliphatic carbocycles. The first-order valence-electron chi connectivity index (χ1n) is 7.71. The van der Waals surface area contributed by atoms with Gasteiger partial charge in [-0.2, -0.15) is 18.2 Å². The van der Waals surface area contributed by atoms with Crippen molar-refractivity contribution in [2.45, 2.75) is 6.18 Å². The van der Waals surface area contributed by atoms with E-state index in [0.717, 1.165) is 0 Å². The molecule has 1 aromatic carbocycles. The molecular weight excluding hydrogens is 365 g/mol. The van der Waals surface area contributed by atoms with Crippen LogP contribution in [0.4, 0.5) is 13.2 Å². The number of alkyl halides is 3. The van der Waals surface area contributed by atoms with E-state index in [0.29, 0.717) is 28.7 Å². The topological polar surface area (TPSA) is 71.3 Å². The molecule has 0 saturated carbocycles. The standard InChI is InChI=1S/C17H15F3N4O3/c1-25-13-6-3-11(4-7-13)15-22-16(27-10-17(18,19)20)23-24(15)12-5-8-14(26-2)21-9-12/h3-9H,10H2,1-2H3. The van der Waals surface area contributed by atoms with Gasteiger partial charge in [-0.1, -0.05) is 0 Å². The fourth-order valence-corrected chi connectivity index (χ4v) is 2.23. The Hall–Kier alpha value is -3.30. The van der Waals surface area contributed by atoms with Gasteiger partial charge in [0.15, 0.2) is 12.4 Å². The number of nitrogens with zero attached hydrogens (tertiary/aromatic N) is 4. The fourth-order valence-electron chi connectivity index (χ4n) is 2.23. The molecule has 0 atom stereocenters. The van der Waals surface area contributed by atoms with Crippen LogP contribution in [-0.4, -0.2) is 46.8 Å². The molecule has 142 valence electrons. The average Bonchev–Trinajstić information content (AvgIpc) is 3.10. The first kappa shape index (κ1) is 18.5. The Labute approximate surface area is 152 Å². The SMILES string of the molecule is COc1ccc(-c2nc(OCC(F)(F)F)nn2-c2ccc(OC)nc2)cc1. The first-order chi connectivity index (χ1) is 12.9. The van der Waals surface area contributed by atoms with Crippen LogP contribution < -0.4 is 14.2 Å². The Kier molecular flexibility index (Phi) is 5.15. The van der Waals surface area contributed by atoms with Crippen molar-refractivity contribution in [3.8, 4) is 34.7 Å². The van der Waals surface area contributed by atoms with Crippen LogP contribution in [0, 0.1) is 0 Å². The third-order valence-corrected chi connectivity index (χ3v) is 3.48. The van der Waals surface area contributed by atoms with E-state index in [9.17, 15) is 13.2 Å². The summed E-state index contributed by atoms with van der Waals surface area (Å²) in [4.78, 5) is 8.17. The van der Waals surface area contributed by atoms with E-state index < -0.39 is 18.8 Å². The molecule has 10 heteroatoms. The van der Waals surface area contributed by atoms with Crippen LogP contribution in [0.2, 0.25) is 0 Å². The van der Waals surface area contributed by atoms with Crippen LogP contribution in [0.1, 0.15) is 0 Å². The number of ether oxygens (including phenoxy) is 3. The summed E-state index contributed by atoms with van der Waals surface area (Å²) >= 11 is 0. The largest absolute Gasteiger partial charge is 0.497 e. The molecule has 3 aromatic rings. The maximum absolute atomic E-state index is 12.4. The van der Waals surface area contributed by atoms with Gasteiger partial charge in [0.25, 0.3) is 0 Å². The number of rotatable bonds is 6. The van der Waals surface area contributed by atoms with E-state index in [1.807, 2.05) is 0 Å². The molecule has 0 saturated heterocycles. The molecule has 2 heterocycles. The average molecular weight is 380 g/mol. The molecule has 0 unspecified atom stereocenters. The van der Waals surface area contributed by atoms with Gasteiger partial charge in [0.2, 0.25) is 5.88 Å². The van der Waals surface area contributed by atoms with Gasteiger partial charge >= 0.3 is 12.2 Å². The Balaban J connectivity index is 2.00. The predicted octanol–water partition coefficient (Wildman–Crippen LogP) is 3.29. The predicted molar refractivity (Wildman–Crippen MR) is 89.2 cm³/mol. The third-order valence-electron chi connectivity index (χ3n) is 3.48. The number of pyridine rings is 1. The van der Waals surface area contributed by atoms with Gasteiger partial charge in [-0.05, 0) is 30.3 Å². The zero-order valence-electron chi connectivity index (χ0n) is 14.4. The number of hydrogen-bond donors (Lipinski definition) is 0. The number of halogens is 3. The Morgan fingerprint density at radius 3 is 2.30 bits per heavy atom. The molecule has 0 aliphatic heterocycles. The van der Waals surface area contributed by atoms with Crippen LogP contribution in [0.25, 0.3) is 17.1 Å². The van der Waals surface area contributed by atoms with E-state index in [1.165, 1.54) is 25.1 Å². The van der Waals surface area contributed by atoms with Crippen molar-refractivity contribution < 1.29 is 27.4 Å². The molecule has 0 fully saturated rings. The lowest BCUT2D eigenvalue weighted by molar-refractivity contribution is -0.154. The summed E-state index contributed by atoms with van der Waals surface area (Å²) in [7, 11) is 3.01. The lowest BCUT2D eigenvalue weighted by atomic mass is 10.2. The maximum atomic E-state index is 12.4. The highest BCUT2D eigenvalue weighted by molar-refractivity contribution is 5.59. The minimum Gasteiger partial charge on any atom is -0.497 e. The lowest BCUT2D eigenvalue weighted by Crippen LogP contribution is -2.19. The van der Waals surface area contributed by atoms with Gasteiger partial charge in [0, 0.05) is 11.6 Å². The van der Waals surface area contributed by atoms with Crippen molar-refractivity contribution in [2.75, 3.05) is 20.8 Å². The number of aromatic nitrogens is 4. The van der Waals surface area contributed by atoms with E-state index in [-0.39, 0.29) is 0 Å². The zero-order valence-corrected chi connectivity index (χ0v) is 14.4. The molecule has 27 heavy (non-hydrogen) atoms. The maximum Gasteiger partial charge on any atom is 0.422 e. The first-order valence-corrected chi connectivity index (χ1v) is 7.71. The van der Waals surface area contributed by atoms with E-state index in [2.05, 4.69) is 19.8 Å². The van der Waals surface area contributed by atoms with Crippen molar-refractivity contribution in [1.82, 2.24) is 19.7 Å². The summed E-state index contributed by atoms with van der Waals surface area (Å²) in [5.74, 6) is 1.31. The van der Waals surface area contributed by atoms with Crippen LogP contribution in [0.15, 0.2) is 42.6 Å². The molecule has 0 aliphatic rings. The monoisotopic (exact) mass is 380 g/mol. The molecule has 0 radical (unpaired) electrons. The number of hydrogen-bond acceptors (Lipinski definition) is 6. The number of methoxy groups -OCH3 is 2. The molecule has 0 spiro atoms. The van der Waals surface area contributed by atoms with Crippen molar-refractivity contribution in [3.63, 3.8) is 0 Å². The summed E-state index contributed by atoms with van der Waals surface area (Å²) in [6.07, 6.45) is -3.03. The van der Waals surface area contributed by atoms with Gasteiger partial charge in [0.1, 0.15) is 5.75 Å². The molecular formula is C17H15F3N4O3. The van der Waals surface area contributed by atoms with Crippen molar-refractivity contribution in [2.24, 2.45) is 0 Å². The zero-order chi connectivity index (χ0) is 19.4. The molecule has 2 aromatic heterocycles. The summed E-state index contributed by atoms with van der Waals surface area (Å²) < 4.78 is 53.5. The van der Waals surface area contributed by atoms with E-state index >= 15 is 0 Å². The molecule has 7 nitrogen and oxygen atoms in total. The summed E-state index contributed by atoms with van der Waals surface area (Å²) in [6, 6.07) is 9.70. The van der Waals surface area contributed by atoms with Gasteiger partial charge in [0.05, 0.1) is 26.1 Å². The Bertz CT molecular complexity index is 828. The van der Waals surface area contributed by atoms with Gasteiger partial charge in [-0.25, -0.2) is 9.67 Å². The summed E-state index contributed by atoms with van der Waals surface area (Å²) in [5.41, 5.74) is 1.09. The quantitative estimate of drug-likeness (QED) is 0.654. The summed E-state index contributed by atoms with van der Waals surface area (Å²) in [6.45, 7) is -1.49. The Morgan fingerprint density at radius 2 is 1.74 bits per heavy atom.